The lowest BCUT2D eigenvalue weighted by Crippen LogP contribution is -2.49. The van der Waals surface area contributed by atoms with Crippen LogP contribution in [0.4, 0.5) is 4.79 Å². The van der Waals surface area contributed by atoms with Crippen molar-refractivity contribution in [1.82, 2.24) is 10.2 Å². The second-order valence-corrected chi connectivity index (χ2v) is 6.95. The molecule has 1 aromatic heterocycles. The highest BCUT2D eigenvalue weighted by Gasteiger charge is 2.25. The lowest BCUT2D eigenvalue weighted by molar-refractivity contribution is -0.141. The number of nitrogens with zero attached hydrogens (tertiary/aromatic N) is 1. The van der Waals surface area contributed by atoms with E-state index in [0.29, 0.717) is 26.2 Å². The number of ether oxygens (including phenoxy) is 1. The fraction of sp³-hybridized carbons (Fsp3) is 0.500. The van der Waals surface area contributed by atoms with Crippen LogP contribution >= 0.6 is 27.3 Å². The minimum atomic E-state index is -0.916. The molecule has 2 rings (SSSR count). The molecule has 2 N–H and O–H groups in total. The molecule has 110 valence electrons. The molecule has 0 bridgehead atoms. The van der Waals surface area contributed by atoms with E-state index in [1.807, 2.05) is 12.1 Å². The quantitative estimate of drug-likeness (QED) is 0.857. The van der Waals surface area contributed by atoms with E-state index < -0.39 is 12.1 Å². The first-order chi connectivity index (χ1) is 9.54. The zero-order valence-electron chi connectivity index (χ0n) is 10.7. The molecular formula is C12H15BrN2O4S. The molecule has 6 nitrogen and oxygen atoms in total. The summed E-state index contributed by atoms with van der Waals surface area (Å²) in [7, 11) is 0. The Balaban J connectivity index is 1.81. The summed E-state index contributed by atoms with van der Waals surface area (Å²) in [5.74, 6) is -0.916. The fourth-order valence-electron chi connectivity index (χ4n) is 1.94. The van der Waals surface area contributed by atoms with Crippen LogP contribution in [-0.4, -0.2) is 47.8 Å². The average molecular weight is 363 g/mol. The number of carbonyl (C=O) groups is 2. The van der Waals surface area contributed by atoms with Crippen molar-refractivity contribution < 1.29 is 19.4 Å². The van der Waals surface area contributed by atoms with E-state index in [-0.39, 0.29) is 12.5 Å². The second kappa shape index (κ2) is 7.05. The number of carboxylic acid groups (broad SMARTS) is 1. The predicted molar refractivity (Wildman–Crippen MR) is 77.8 cm³/mol. The number of urea groups is 1. The maximum atomic E-state index is 12.0. The summed E-state index contributed by atoms with van der Waals surface area (Å²) >= 11 is 4.94. The van der Waals surface area contributed by atoms with Gasteiger partial charge in [-0.1, -0.05) is 0 Å². The number of carboxylic acids is 1. The van der Waals surface area contributed by atoms with Gasteiger partial charge in [-0.3, -0.25) is 4.79 Å². The lowest BCUT2D eigenvalue weighted by atomic mass is 10.2. The normalized spacial score (nSPS) is 18.9. The van der Waals surface area contributed by atoms with Crippen LogP contribution in [0.3, 0.4) is 0 Å². The van der Waals surface area contributed by atoms with Crippen molar-refractivity contribution in [3.8, 4) is 0 Å². The SMILES string of the molecule is O=C(O)CC1CN(C(=O)NCc2ccc(Br)s2)CCO1. The van der Waals surface area contributed by atoms with Gasteiger partial charge in [0.05, 0.1) is 29.5 Å². The third kappa shape index (κ3) is 4.46. The molecule has 2 amide bonds. The van der Waals surface area contributed by atoms with E-state index in [2.05, 4.69) is 21.2 Å². The summed E-state index contributed by atoms with van der Waals surface area (Å²) in [5.41, 5.74) is 0. The van der Waals surface area contributed by atoms with Gasteiger partial charge in [-0.15, -0.1) is 11.3 Å². The van der Waals surface area contributed by atoms with E-state index in [4.69, 9.17) is 9.84 Å². The van der Waals surface area contributed by atoms with Gasteiger partial charge in [-0.05, 0) is 28.1 Å². The molecule has 0 aliphatic carbocycles. The summed E-state index contributed by atoms with van der Waals surface area (Å²) in [6, 6.07) is 3.69. The first-order valence-electron chi connectivity index (χ1n) is 6.15. The maximum Gasteiger partial charge on any atom is 0.317 e. The summed E-state index contributed by atoms with van der Waals surface area (Å²) in [6.45, 7) is 1.63. The van der Waals surface area contributed by atoms with Crippen molar-refractivity contribution in [2.24, 2.45) is 0 Å². The number of halogens is 1. The zero-order chi connectivity index (χ0) is 14.5. The maximum absolute atomic E-state index is 12.0. The van der Waals surface area contributed by atoms with Crippen molar-refractivity contribution in [1.29, 1.82) is 0 Å². The van der Waals surface area contributed by atoms with E-state index >= 15 is 0 Å². The number of hydrogen-bond acceptors (Lipinski definition) is 4. The molecule has 0 aromatic carbocycles. The van der Waals surface area contributed by atoms with E-state index in [1.165, 1.54) is 0 Å². The van der Waals surface area contributed by atoms with Crippen molar-refractivity contribution in [2.75, 3.05) is 19.7 Å². The Morgan fingerprint density at radius 2 is 2.35 bits per heavy atom. The molecule has 20 heavy (non-hydrogen) atoms. The zero-order valence-corrected chi connectivity index (χ0v) is 13.1. The Hall–Kier alpha value is -1.12. The second-order valence-electron chi connectivity index (χ2n) is 4.40. The van der Waals surface area contributed by atoms with Crippen LogP contribution in [-0.2, 0) is 16.1 Å². The van der Waals surface area contributed by atoms with Crippen molar-refractivity contribution in [2.45, 2.75) is 19.1 Å². The average Bonchev–Trinajstić information content (AvgIpc) is 2.81. The molecule has 1 aliphatic heterocycles. The molecule has 1 fully saturated rings. The monoisotopic (exact) mass is 362 g/mol. The standard InChI is InChI=1S/C12H15BrN2O4S/c13-10-2-1-9(20-10)6-14-12(18)15-3-4-19-8(7-15)5-11(16)17/h1-2,8H,3-7H2,(H,14,18)(H,16,17). The van der Waals surface area contributed by atoms with E-state index in [1.54, 1.807) is 16.2 Å². The van der Waals surface area contributed by atoms with Crippen LogP contribution in [0.5, 0.6) is 0 Å². The first kappa shape index (κ1) is 15.3. The smallest absolute Gasteiger partial charge is 0.317 e. The van der Waals surface area contributed by atoms with Gasteiger partial charge in [0, 0.05) is 18.0 Å². The topological polar surface area (TPSA) is 78.9 Å². The van der Waals surface area contributed by atoms with Gasteiger partial charge in [0.25, 0.3) is 0 Å². The number of carbonyl (C=O) groups excluding carboxylic acids is 1. The Kier molecular flexibility index (Phi) is 5.38. The van der Waals surface area contributed by atoms with Gasteiger partial charge >= 0.3 is 12.0 Å². The summed E-state index contributed by atoms with van der Waals surface area (Å²) in [5, 5.41) is 11.6. The Bertz CT molecular complexity index is 494. The van der Waals surface area contributed by atoms with Gasteiger partial charge in [0.15, 0.2) is 0 Å². The largest absolute Gasteiger partial charge is 0.481 e. The molecule has 1 aliphatic rings. The molecule has 1 unspecified atom stereocenters. The van der Waals surface area contributed by atoms with Crippen molar-refractivity contribution in [3.63, 3.8) is 0 Å². The molecule has 0 spiro atoms. The van der Waals surface area contributed by atoms with Gasteiger partial charge in [0.2, 0.25) is 0 Å². The number of aliphatic carboxylic acids is 1. The lowest BCUT2D eigenvalue weighted by Gasteiger charge is -2.32. The van der Waals surface area contributed by atoms with Gasteiger partial charge in [0.1, 0.15) is 0 Å². The molecule has 1 aromatic rings. The van der Waals surface area contributed by atoms with Gasteiger partial charge in [-0.2, -0.15) is 0 Å². The summed E-state index contributed by atoms with van der Waals surface area (Å²) in [6.07, 6.45) is -0.510. The van der Waals surface area contributed by atoms with E-state index in [0.717, 1.165) is 8.66 Å². The van der Waals surface area contributed by atoms with E-state index in [9.17, 15) is 9.59 Å². The van der Waals surface area contributed by atoms with Crippen LogP contribution in [0.25, 0.3) is 0 Å². The molecule has 2 heterocycles. The molecule has 8 heteroatoms. The third-order valence-electron chi connectivity index (χ3n) is 2.87. The summed E-state index contributed by atoms with van der Waals surface area (Å²) in [4.78, 5) is 25.3. The molecule has 1 atom stereocenters. The van der Waals surface area contributed by atoms with Crippen molar-refractivity contribution >= 4 is 39.3 Å². The Morgan fingerprint density at radius 3 is 3.00 bits per heavy atom. The molecule has 1 saturated heterocycles. The third-order valence-corrected chi connectivity index (χ3v) is 4.49. The molecular weight excluding hydrogens is 348 g/mol. The number of morpholine rings is 1. The first-order valence-corrected chi connectivity index (χ1v) is 7.76. The fourth-order valence-corrected chi connectivity index (χ4v) is 3.37. The Morgan fingerprint density at radius 1 is 1.55 bits per heavy atom. The van der Waals surface area contributed by atoms with Crippen LogP contribution < -0.4 is 5.32 Å². The number of hydrogen-bond donors (Lipinski definition) is 2. The molecule has 0 saturated carbocycles. The summed E-state index contributed by atoms with van der Waals surface area (Å²) < 4.78 is 6.35. The van der Waals surface area contributed by atoms with Crippen LogP contribution in [0.15, 0.2) is 15.9 Å². The highest BCUT2D eigenvalue weighted by atomic mass is 79.9. The number of thiophene rings is 1. The number of nitrogens with one attached hydrogen (secondary N) is 1. The van der Waals surface area contributed by atoms with Crippen LogP contribution in [0, 0.1) is 0 Å². The Labute approximate surface area is 128 Å². The van der Waals surface area contributed by atoms with Crippen LogP contribution in [0.1, 0.15) is 11.3 Å². The number of rotatable bonds is 4. The highest BCUT2D eigenvalue weighted by Crippen LogP contribution is 2.21. The molecule has 0 radical (unpaired) electrons. The number of amides is 2. The minimum absolute atomic E-state index is 0.0817. The minimum Gasteiger partial charge on any atom is -0.481 e. The van der Waals surface area contributed by atoms with Crippen molar-refractivity contribution in [3.05, 3.63) is 20.8 Å². The van der Waals surface area contributed by atoms with Gasteiger partial charge < -0.3 is 20.1 Å². The van der Waals surface area contributed by atoms with Crippen LogP contribution in [0.2, 0.25) is 0 Å². The van der Waals surface area contributed by atoms with Gasteiger partial charge in [-0.25, -0.2) is 4.79 Å². The predicted octanol–water partition coefficient (Wildman–Crippen LogP) is 1.90. The highest BCUT2D eigenvalue weighted by molar-refractivity contribution is 9.11.